The molecule has 0 saturated carbocycles. The number of piperazine rings is 1. The molecule has 7 heteroatoms. The van der Waals surface area contributed by atoms with E-state index in [0.717, 1.165) is 62.3 Å². The highest BCUT2D eigenvalue weighted by Crippen LogP contribution is 2.34. The van der Waals surface area contributed by atoms with Crippen LogP contribution in [0, 0.1) is 0 Å². The molecule has 6 rings (SSSR count). The maximum atomic E-state index is 12.9. The van der Waals surface area contributed by atoms with Crippen LogP contribution < -0.4 is 14.4 Å². The van der Waals surface area contributed by atoms with Crippen LogP contribution in [0.25, 0.3) is 0 Å². The second-order valence-corrected chi connectivity index (χ2v) is 10.3. The van der Waals surface area contributed by atoms with Gasteiger partial charge in [-0.2, -0.15) is 0 Å². The average Bonchev–Trinajstić information content (AvgIpc) is 3.37. The molecule has 3 aromatic rings. The number of ketones is 1. The molecule has 3 heterocycles. The largest absolute Gasteiger partial charge is 0.454 e. The van der Waals surface area contributed by atoms with E-state index in [1.165, 1.54) is 16.7 Å². The van der Waals surface area contributed by atoms with E-state index in [1.807, 2.05) is 6.07 Å². The maximum absolute atomic E-state index is 12.9. The molecule has 36 heavy (non-hydrogen) atoms. The molecule has 3 aliphatic rings. The smallest absolute Gasteiger partial charge is 0.231 e. The molecule has 0 radical (unpaired) electrons. The Hall–Kier alpha value is -3.45. The van der Waals surface area contributed by atoms with Crippen LogP contribution in [-0.4, -0.2) is 53.6 Å². The zero-order valence-electron chi connectivity index (χ0n) is 20.9. The van der Waals surface area contributed by atoms with Crippen molar-refractivity contribution < 1.29 is 14.3 Å². The first-order valence-corrected chi connectivity index (χ1v) is 12.9. The Labute approximate surface area is 212 Å². The summed E-state index contributed by atoms with van der Waals surface area (Å²) in [5.41, 5.74) is 5.34. The molecule has 0 spiro atoms. The molecule has 1 aromatic heterocycles. The highest BCUT2D eigenvalue weighted by molar-refractivity contribution is 5.98. The number of hydrogen-bond donors (Lipinski definition) is 0. The number of rotatable bonds is 5. The maximum Gasteiger partial charge on any atom is 0.231 e. The van der Waals surface area contributed by atoms with Crippen LogP contribution in [0.5, 0.6) is 11.5 Å². The van der Waals surface area contributed by atoms with Crippen molar-refractivity contribution in [3.8, 4) is 11.5 Å². The number of aromatic nitrogens is 2. The van der Waals surface area contributed by atoms with E-state index < -0.39 is 0 Å². The van der Waals surface area contributed by atoms with Crippen molar-refractivity contribution in [1.29, 1.82) is 0 Å². The fourth-order valence-corrected chi connectivity index (χ4v) is 5.38. The molecule has 2 aliphatic heterocycles. The lowest BCUT2D eigenvalue weighted by atomic mass is 9.81. The number of fused-ring (bicyclic) bond motifs is 2. The van der Waals surface area contributed by atoms with E-state index in [0.29, 0.717) is 24.7 Å². The third-order valence-electron chi connectivity index (χ3n) is 7.60. The molecule has 186 valence electrons. The molecule has 0 N–H and O–H groups in total. The lowest BCUT2D eigenvalue weighted by Crippen LogP contribution is -2.46. The summed E-state index contributed by atoms with van der Waals surface area (Å²) in [6, 6.07) is 14.9. The zero-order chi connectivity index (χ0) is 24.6. The second-order valence-electron chi connectivity index (χ2n) is 10.3. The minimum Gasteiger partial charge on any atom is -0.454 e. The van der Waals surface area contributed by atoms with Crippen LogP contribution >= 0.6 is 0 Å². The number of carbonyl (C=O) groups is 1. The SMILES string of the molecule is CC(C)c1ccc([C@@H]2CC(=O)c3cnc(N4CCN(Cc5ccc6c(c5)OCO6)CC4)nc3C2)cc1. The minimum atomic E-state index is 0.147. The summed E-state index contributed by atoms with van der Waals surface area (Å²) >= 11 is 0. The third kappa shape index (κ3) is 4.55. The van der Waals surface area contributed by atoms with Gasteiger partial charge >= 0.3 is 0 Å². The van der Waals surface area contributed by atoms with E-state index in [9.17, 15) is 4.79 Å². The van der Waals surface area contributed by atoms with Crippen molar-refractivity contribution >= 4 is 11.7 Å². The predicted octanol–water partition coefficient (Wildman–Crippen LogP) is 4.56. The Kier molecular flexibility index (Phi) is 6.09. The van der Waals surface area contributed by atoms with Crippen molar-refractivity contribution in [3.63, 3.8) is 0 Å². The van der Waals surface area contributed by atoms with Gasteiger partial charge in [-0.3, -0.25) is 9.69 Å². The summed E-state index contributed by atoms with van der Waals surface area (Å²) in [6.45, 7) is 9.15. The lowest BCUT2D eigenvalue weighted by molar-refractivity contribution is 0.0962. The monoisotopic (exact) mass is 484 g/mol. The highest BCUT2D eigenvalue weighted by atomic mass is 16.7. The van der Waals surface area contributed by atoms with Gasteiger partial charge in [0.1, 0.15) is 0 Å². The van der Waals surface area contributed by atoms with Gasteiger partial charge in [0, 0.05) is 45.3 Å². The molecule has 1 atom stereocenters. The van der Waals surface area contributed by atoms with Gasteiger partial charge in [-0.05, 0) is 47.1 Å². The predicted molar refractivity (Wildman–Crippen MR) is 138 cm³/mol. The van der Waals surface area contributed by atoms with E-state index >= 15 is 0 Å². The van der Waals surface area contributed by atoms with Gasteiger partial charge in [0.2, 0.25) is 12.7 Å². The van der Waals surface area contributed by atoms with Gasteiger partial charge in [-0.25, -0.2) is 9.97 Å². The summed E-state index contributed by atoms with van der Waals surface area (Å²) in [4.78, 5) is 27.1. The van der Waals surface area contributed by atoms with E-state index in [-0.39, 0.29) is 11.7 Å². The first-order valence-electron chi connectivity index (χ1n) is 12.9. The summed E-state index contributed by atoms with van der Waals surface area (Å²) in [5, 5.41) is 0. The number of benzene rings is 2. The van der Waals surface area contributed by atoms with Crippen LogP contribution in [0.15, 0.2) is 48.7 Å². The minimum absolute atomic E-state index is 0.147. The number of carbonyl (C=O) groups excluding carboxylic acids is 1. The van der Waals surface area contributed by atoms with Crippen molar-refractivity contribution in [1.82, 2.24) is 14.9 Å². The average molecular weight is 485 g/mol. The molecule has 7 nitrogen and oxygen atoms in total. The molecule has 2 aromatic carbocycles. The number of ether oxygens (including phenoxy) is 2. The fourth-order valence-electron chi connectivity index (χ4n) is 5.38. The van der Waals surface area contributed by atoms with Crippen LogP contribution in [0.3, 0.4) is 0 Å². The summed E-state index contributed by atoms with van der Waals surface area (Å²) in [5.74, 6) is 3.21. The fraction of sp³-hybridized carbons (Fsp3) is 0.414. The van der Waals surface area contributed by atoms with Crippen molar-refractivity contribution in [2.24, 2.45) is 0 Å². The second kappa shape index (κ2) is 9.54. The molecule has 0 bridgehead atoms. The third-order valence-corrected chi connectivity index (χ3v) is 7.60. The first kappa shape index (κ1) is 23.0. The standard InChI is InChI=1S/C29H32N4O3/c1-19(2)21-4-6-22(7-5-21)23-14-25-24(26(34)15-23)16-30-29(31-25)33-11-9-32(10-12-33)17-20-3-8-27-28(13-20)36-18-35-27/h3-8,13,16,19,23H,9-12,14-15,17-18H2,1-2H3/t23-/m0/s1. The summed E-state index contributed by atoms with van der Waals surface area (Å²) < 4.78 is 10.9. The Morgan fingerprint density at radius 1 is 0.972 bits per heavy atom. The number of nitrogens with zero attached hydrogens (tertiary/aromatic N) is 4. The Bertz CT molecular complexity index is 1270. The summed E-state index contributed by atoms with van der Waals surface area (Å²) in [6.07, 6.45) is 3.05. The molecular weight excluding hydrogens is 452 g/mol. The molecule has 1 saturated heterocycles. The Morgan fingerprint density at radius 2 is 1.75 bits per heavy atom. The van der Waals surface area contributed by atoms with Gasteiger partial charge in [-0.15, -0.1) is 0 Å². The molecule has 1 fully saturated rings. The van der Waals surface area contributed by atoms with Gasteiger partial charge in [0.15, 0.2) is 17.3 Å². The number of hydrogen-bond acceptors (Lipinski definition) is 7. The van der Waals surface area contributed by atoms with E-state index in [1.54, 1.807) is 6.20 Å². The van der Waals surface area contributed by atoms with Crippen molar-refractivity contribution in [2.45, 2.75) is 45.1 Å². The van der Waals surface area contributed by atoms with E-state index in [2.05, 4.69) is 65.0 Å². The van der Waals surface area contributed by atoms with Gasteiger partial charge in [-0.1, -0.05) is 44.2 Å². The van der Waals surface area contributed by atoms with Crippen LogP contribution in [-0.2, 0) is 13.0 Å². The number of Topliss-reactive ketones (excluding diaryl/α,β-unsaturated/α-hetero) is 1. The van der Waals surface area contributed by atoms with Crippen molar-refractivity contribution in [2.75, 3.05) is 37.9 Å². The molecule has 0 unspecified atom stereocenters. The van der Waals surface area contributed by atoms with Crippen LogP contribution in [0.1, 0.15) is 64.8 Å². The lowest BCUT2D eigenvalue weighted by Gasteiger charge is -2.35. The normalized spacial score (nSPS) is 19.6. The number of anilines is 1. The van der Waals surface area contributed by atoms with E-state index in [4.69, 9.17) is 14.5 Å². The molecule has 1 aliphatic carbocycles. The summed E-state index contributed by atoms with van der Waals surface area (Å²) in [7, 11) is 0. The quantitative estimate of drug-likeness (QED) is 0.526. The van der Waals surface area contributed by atoms with Crippen LogP contribution in [0.2, 0.25) is 0 Å². The van der Waals surface area contributed by atoms with Crippen LogP contribution in [0.4, 0.5) is 5.95 Å². The highest BCUT2D eigenvalue weighted by Gasteiger charge is 2.29. The Balaban J connectivity index is 1.11. The topological polar surface area (TPSA) is 67.8 Å². The van der Waals surface area contributed by atoms with Gasteiger partial charge in [0.25, 0.3) is 0 Å². The zero-order valence-corrected chi connectivity index (χ0v) is 20.9. The molecule has 0 amide bonds. The Morgan fingerprint density at radius 3 is 2.53 bits per heavy atom. The molecular formula is C29H32N4O3. The van der Waals surface area contributed by atoms with Crippen molar-refractivity contribution in [3.05, 3.63) is 76.6 Å². The first-order chi connectivity index (χ1) is 17.5. The van der Waals surface area contributed by atoms with Gasteiger partial charge in [0.05, 0.1) is 11.3 Å². The van der Waals surface area contributed by atoms with Gasteiger partial charge < -0.3 is 14.4 Å².